The first-order valence-corrected chi connectivity index (χ1v) is 5.63. The standard InChI is InChI=1S/C13H19NO/c1-4-11(5-2)9-12(15)13-10(3)7-6-8-14-13/h6-8,11H,4-5,9H2,1-3H3. The van der Waals surface area contributed by atoms with E-state index >= 15 is 0 Å². The van der Waals surface area contributed by atoms with Gasteiger partial charge < -0.3 is 0 Å². The number of Topliss-reactive ketones (excluding diaryl/α,β-unsaturated/α-hetero) is 1. The molecule has 0 unspecified atom stereocenters. The number of rotatable bonds is 5. The molecule has 1 aromatic rings. The first-order valence-electron chi connectivity index (χ1n) is 5.63. The van der Waals surface area contributed by atoms with Crippen LogP contribution in [0.5, 0.6) is 0 Å². The summed E-state index contributed by atoms with van der Waals surface area (Å²) in [5, 5.41) is 0. The van der Waals surface area contributed by atoms with Gasteiger partial charge in [0.2, 0.25) is 0 Å². The van der Waals surface area contributed by atoms with E-state index in [1.807, 2.05) is 19.1 Å². The van der Waals surface area contributed by atoms with Gasteiger partial charge in [-0.15, -0.1) is 0 Å². The minimum Gasteiger partial charge on any atom is -0.292 e. The number of hydrogen-bond donors (Lipinski definition) is 0. The second-order valence-electron chi connectivity index (χ2n) is 3.98. The third-order valence-electron chi connectivity index (χ3n) is 2.90. The van der Waals surface area contributed by atoms with Crippen molar-refractivity contribution < 1.29 is 4.79 Å². The van der Waals surface area contributed by atoms with Gasteiger partial charge >= 0.3 is 0 Å². The normalized spacial score (nSPS) is 10.7. The molecule has 0 spiro atoms. The molecule has 0 aromatic carbocycles. The second-order valence-corrected chi connectivity index (χ2v) is 3.98. The molecule has 15 heavy (non-hydrogen) atoms. The van der Waals surface area contributed by atoms with Crippen LogP contribution in [0.3, 0.4) is 0 Å². The Hall–Kier alpha value is -1.18. The van der Waals surface area contributed by atoms with Gasteiger partial charge in [0.15, 0.2) is 5.78 Å². The quantitative estimate of drug-likeness (QED) is 0.689. The molecule has 0 saturated heterocycles. The zero-order chi connectivity index (χ0) is 11.3. The van der Waals surface area contributed by atoms with Crippen LogP contribution in [0.15, 0.2) is 18.3 Å². The van der Waals surface area contributed by atoms with E-state index < -0.39 is 0 Å². The predicted octanol–water partition coefficient (Wildman–Crippen LogP) is 3.40. The molecule has 0 bridgehead atoms. The van der Waals surface area contributed by atoms with Crippen molar-refractivity contribution in [2.45, 2.75) is 40.0 Å². The Morgan fingerprint density at radius 1 is 1.40 bits per heavy atom. The highest BCUT2D eigenvalue weighted by atomic mass is 16.1. The van der Waals surface area contributed by atoms with E-state index in [0.717, 1.165) is 18.4 Å². The van der Waals surface area contributed by atoms with Gasteiger partial charge in [0, 0.05) is 12.6 Å². The van der Waals surface area contributed by atoms with E-state index in [9.17, 15) is 4.79 Å². The van der Waals surface area contributed by atoms with Crippen molar-refractivity contribution >= 4 is 5.78 Å². The molecule has 0 aliphatic heterocycles. The van der Waals surface area contributed by atoms with Crippen LogP contribution in [0, 0.1) is 12.8 Å². The van der Waals surface area contributed by atoms with Gasteiger partial charge in [-0.25, -0.2) is 0 Å². The molecule has 0 N–H and O–H groups in total. The monoisotopic (exact) mass is 205 g/mol. The van der Waals surface area contributed by atoms with E-state index in [1.165, 1.54) is 0 Å². The van der Waals surface area contributed by atoms with E-state index in [-0.39, 0.29) is 5.78 Å². The smallest absolute Gasteiger partial charge is 0.181 e. The van der Waals surface area contributed by atoms with Crippen LogP contribution in [0.25, 0.3) is 0 Å². The van der Waals surface area contributed by atoms with Crippen LogP contribution in [-0.2, 0) is 0 Å². The maximum absolute atomic E-state index is 11.9. The maximum atomic E-state index is 11.9. The van der Waals surface area contributed by atoms with Gasteiger partial charge in [0.05, 0.1) is 0 Å². The molecule has 1 heterocycles. The summed E-state index contributed by atoms with van der Waals surface area (Å²) in [6, 6.07) is 3.80. The minimum absolute atomic E-state index is 0.182. The van der Waals surface area contributed by atoms with Gasteiger partial charge in [0.25, 0.3) is 0 Å². The number of hydrogen-bond acceptors (Lipinski definition) is 2. The molecule has 2 nitrogen and oxygen atoms in total. The van der Waals surface area contributed by atoms with E-state index in [2.05, 4.69) is 18.8 Å². The third kappa shape index (κ3) is 3.15. The third-order valence-corrected chi connectivity index (χ3v) is 2.90. The molecule has 0 atom stereocenters. The Kier molecular flexibility index (Phi) is 4.47. The van der Waals surface area contributed by atoms with Crippen molar-refractivity contribution in [3.05, 3.63) is 29.6 Å². The zero-order valence-electron chi connectivity index (χ0n) is 9.79. The number of carbonyl (C=O) groups excluding carboxylic acids is 1. The summed E-state index contributed by atoms with van der Waals surface area (Å²) in [5.41, 5.74) is 1.62. The van der Waals surface area contributed by atoms with Crippen LogP contribution < -0.4 is 0 Å². The largest absolute Gasteiger partial charge is 0.292 e. The van der Waals surface area contributed by atoms with Crippen LogP contribution in [0.2, 0.25) is 0 Å². The molecule has 2 heteroatoms. The Bertz CT molecular complexity index is 329. The fourth-order valence-electron chi connectivity index (χ4n) is 1.71. The Morgan fingerprint density at radius 3 is 2.60 bits per heavy atom. The van der Waals surface area contributed by atoms with Crippen molar-refractivity contribution in [1.82, 2.24) is 4.98 Å². The summed E-state index contributed by atoms with van der Waals surface area (Å²) < 4.78 is 0. The zero-order valence-corrected chi connectivity index (χ0v) is 9.79. The number of pyridine rings is 1. The number of aryl methyl sites for hydroxylation is 1. The van der Waals surface area contributed by atoms with Crippen LogP contribution >= 0.6 is 0 Å². The topological polar surface area (TPSA) is 30.0 Å². The van der Waals surface area contributed by atoms with Crippen LogP contribution in [0.1, 0.15) is 49.2 Å². The van der Waals surface area contributed by atoms with Gasteiger partial charge in [0.1, 0.15) is 5.69 Å². The molecule has 0 amide bonds. The molecule has 0 saturated carbocycles. The highest BCUT2D eigenvalue weighted by Crippen LogP contribution is 2.16. The first kappa shape index (κ1) is 11.9. The highest BCUT2D eigenvalue weighted by molar-refractivity contribution is 5.95. The van der Waals surface area contributed by atoms with Crippen molar-refractivity contribution in [3.8, 4) is 0 Å². The van der Waals surface area contributed by atoms with Gasteiger partial charge in [-0.1, -0.05) is 32.8 Å². The van der Waals surface area contributed by atoms with Crippen molar-refractivity contribution in [1.29, 1.82) is 0 Å². The summed E-state index contributed by atoms with van der Waals surface area (Å²) >= 11 is 0. The van der Waals surface area contributed by atoms with Gasteiger partial charge in [-0.3, -0.25) is 9.78 Å². The highest BCUT2D eigenvalue weighted by Gasteiger charge is 2.14. The molecule has 0 aliphatic carbocycles. The molecular weight excluding hydrogens is 186 g/mol. The van der Waals surface area contributed by atoms with Gasteiger partial charge in [-0.2, -0.15) is 0 Å². The SMILES string of the molecule is CCC(CC)CC(=O)c1ncccc1C. The molecular formula is C13H19NO. The average Bonchev–Trinajstić information content (AvgIpc) is 2.26. The Labute approximate surface area is 91.7 Å². The Balaban J connectivity index is 2.73. The first-order chi connectivity index (χ1) is 7.19. The van der Waals surface area contributed by atoms with Crippen molar-refractivity contribution in [2.24, 2.45) is 5.92 Å². The minimum atomic E-state index is 0.182. The fourth-order valence-corrected chi connectivity index (χ4v) is 1.71. The molecule has 82 valence electrons. The molecule has 0 radical (unpaired) electrons. The second kappa shape index (κ2) is 5.64. The van der Waals surface area contributed by atoms with Crippen molar-refractivity contribution in [3.63, 3.8) is 0 Å². The van der Waals surface area contributed by atoms with Crippen LogP contribution in [-0.4, -0.2) is 10.8 Å². The summed E-state index contributed by atoms with van der Waals surface area (Å²) in [7, 11) is 0. The summed E-state index contributed by atoms with van der Waals surface area (Å²) in [4.78, 5) is 16.1. The number of nitrogens with zero attached hydrogens (tertiary/aromatic N) is 1. The molecule has 0 aliphatic rings. The van der Waals surface area contributed by atoms with E-state index in [4.69, 9.17) is 0 Å². The number of ketones is 1. The van der Waals surface area contributed by atoms with E-state index in [0.29, 0.717) is 18.0 Å². The summed E-state index contributed by atoms with van der Waals surface area (Å²) in [6.07, 6.45) is 4.44. The summed E-state index contributed by atoms with van der Waals surface area (Å²) in [5.74, 6) is 0.681. The lowest BCUT2D eigenvalue weighted by Gasteiger charge is -2.11. The lowest BCUT2D eigenvalue weighted by Crippen LogP contribution is -2.10. The Morgan fingerprint density at radius 2 is 2.07 bits per heavy atom. The number of carbonyl (C=O) groups is 1. The number of aromatic nitrogens is 1. The predicted molar refractivity (Wildman–Crippen MR) is 62.0 cm³/mol. The lowest BCUT2D eigenvalue weighted by molar-refractivity contribution is 0.0953. The molecule has 0 fully saturated rings. The summed E-state index contributed by atoms with van der Waals surface area (Å²) in [6.45, 7) is 6.20. The fraction of sp³-hybridized carbons (Fsp3) is 0.538. The maximum Gasteiger partial charge on any atom is 0.181 e. The van der Waals surface area contributed by atoms with Crippen molar-refractivity contribution in [2.75, 3.05) is 0 Å². The van der Waals surface area contributed by atoms with E-state index in [1.54, 1.807) is 6.20 Å². The molecule has 1 rings (SSSR count). The average molecular weight is 205 g/mol. The van der Waals surface area contributed by atoms with Gasteiger partial charge in [-0.05, 0) is 24.5 Å². The van der Waals surface area contributed by atoms with Crippen LogP contribution in [0.4, 0.5) is 0 Å². The lowest BCUT2D eigenvalue weighted by atomic mass is 9.95. The molecule has 1 aromatic heterocycles.